The van der Waals surface area contributed by atoms with Gasteiger partial charge in [0.25, 0.3) is 0 Å². The van der Waals surface area contributed by atoms with E-state index in [9.17, 15) is 4.39 Å². The van der Waals surface area contributed by atoms with Gasteiger partial charge in [-0.2, -0.15) is 0 Å². The maximum Gasteiger partial charge on any atom is 0.330 e. The van der Waals surface area contributed by atoms with E-state index in [0.29, 0.717) is 0 Å². The summed E-state index contributed by atoms with van der Waals surface area (Å²) in [6.45, 7) is 0.152. The first-order valence-electron chi connectivity index (χ1n) is 3.96. The van der Waals surface area contributed by atoms with E-state index in [4.69, 9.17) is 18.7 Å². The second-order valence-electron chi connectivity index (χ2n) is 2.71. The van der Waals surface area contributed by atoms with Crippen molar-refractivity contribution in [1.82, 2.24) is 0 Å². The Balaban J connectivity index is 2.44. The smallest absolute Gasteiger partial charge is 0.330 e. The molecule has 0 aromatic rings. The maximum atomic E-state index is 13.2. The van der Waals surface area contributed by atoms with Gasteiger partial charge in [0.1, 0.15) is 12.2 Å². The summed E-state index contributed by atoms with van der Waals surface area (Å²) in [7, 11) is 1.30. The molecule has 5 nitrogen and oxygen atoms in total. The van der Waals surface area contributed by atoms with E-state index < -0.39 is 27.0 Å². The maximum absolute atomic E-state index is 13.2. The van der Waals surface area contributed by atoms with Gasteiger partial charge in [0.15, 0.2) is 6.17 Å². The van der Waals surface area contributed by atoms with Gasteiger partial charge in [0.05, 0.1) is 13.2 Å². The van der Waals surface area contributed by atoms with Crippen molar-refractivity contribution in [3.63, 3.8) is 0 Å². The molecular formula is C6H13FO5P2. The monoisotopic (exact) mass is 246 g/mol. The lowest BCUT2D eigenvalue weighted by Crippen LogP contribution is -2.32. The molecule has 0 aromatic heterocycles. The highest BCUT2D eigenvalue weighted by molar-refractivity contribution is 7.40. The fourth-order valence-electron chi connectivity index (χ4n) is 1.16. The summed E-state index contributed by atoms with van der Waals surface area (Å²) in [6, 6.07) is 0. The van der Waals surface area contributed by atoms with E-state index >= 15 is 0 Å². The van der Waals surface area contributed by atoms with Gasteiger partial charge < -0.3 is 23.2 Å². The highest BCUT2D eigenvalue weighted by Gasteiger charge is 2.40. The standard InChI is InChI=1S/C6H13FO5P2/c1-9-14(8)12-6-4(7)2-10-5(6)3-11-13/h4-6,8H,2-3,13H2,1H3/t4-,5+,6-,14?/m0/s1. The minimum absolute atomic E-state index is 0.0454. The average Bonchev–Trinajstić information content (AvgIpc) is 2.50. The molecule has 1 aliphatic heterocycles. The Hall–Kier alpha value is 0.590. The Morgan fingerprint density at radius 1 is 1.71 bits per heavy atom. The van der Waals surface area contributed by atoms with E-state index in [1.165, 1.54) is 7.11 Å². The first-order chi connectivity index (χ1) is 6.69. The minimum atomic E-state index is -2.04. The molecule has 0 amide bonds. The first kappa shape index (κ1) is 12.7. The number of ether oxygens (including phenoxy) is 1. The quantitative estimate of drug-likeness (QED) is 0.726. The minimum Gasteiger partial charge on any atom is -0.370 e. The van der Waals surface area contributed by atoms with Crippen molar-refractivity contribution in [3.8, 4) is 0 Å². The highest BCUT2D eigenvalue weighted by Crippen LogP contribution is 2.37. The van der Waals surface area contributed by atoms with E-state index in [1.807, 2.05) is 9.47 Å². The van der Waals surface area contributed by atoms with Crippen LogP contribution in [0.15, 0.2) is 0 Å². The van der Waals surface area contributed by atoms with E-state index in [0.717, 1.165) is 0 Å². The van der Waals surface area contributed by atoms with Crippen molar-refractivity contribution in [3.05, 3.63) is 0 Å². The van der Waals surface area contributed by atoms with Crippen LogP contribution < -0.4 is 0 Å². The van der Waals surface area contributed by atoms with Crippen LogP contribution in [-0.2, 0) is 18.3 Å². The van der Waals surface area contributed by atoms with E-state index in [2.05, 4.69) is 4.52 Å². The normalized spacial score (nSPS) is 34.7. The first-order valence-corrected chi connectivity index (χ1v) is 5.56. The Kier molecular flexibility index (Phi) is 5.64. The third-order valence-corrected chi connectivity index (χ3v) is 2.75. The second kappa shape index (κ2) is 6.23. The second-order valence-corrected chi connectivity index (χ2v) is 4.10. The van der Waals surface area contributed by atoms with Gasteiger partial charge in [-0.3, -0.25) is 0 Å². The summed E-state index contributed by atoms with van der Waals surface area (Å²) in [5.41, 5.74) is 0. The third kappa shape index (κ3) is 3.31. The third-order valence-electron chi connectivity index (χ3n) is 1.82. The molecule has 0 aliphatic carbocycles. The molecule has 0 spiro atoms. The Morgan fingerprint density at radius 3 is 3.00 bits per heavy atom. The zero-order valence-corrected chi connectivity index (χ0v) is 9.68. The van der Waals surface area contributed by atoms with Crippen molar-refractivity contribution in [2.45, 2.75) is 18.4 Å². The molecule has 1 rings (SSSR count). The SMILES string of the molecule is COP(O)O[C@H]1[C@@H](F)CO[C@@H]1COP. The molecule has 5 atom stereocenters. The predicted molar refractivity (Wildman–Crippen MR) is 51.3 cm³/mol. The highest BCUT2D eigenvalue weighted by atomic mass is 31.2. The Labute approximate surface area is 85.1 Å². The molecule has 1 heterocycles. The van der Waals surface area contributed by atoms with Crippen LogP contribution in [0.4, 0.5) is 4.39 Å². The molecule has 1 fully saturated rings. The molecule has 0 saturated carbocycles. The average molecular weight is 246 g/mol. The lowest BCUT2D eigenvalue weighted by atomic mass is 10.2. The van der Waals surface area contributed by atoms with Crippen LogP contribution in [0.1, 0.15) is 0 Å². The van der Waals surface area contributed by atoms with Gasteiger partial charge in [0.2, 0.25) is 0 Å². The number of rotatable bonds is 5. The topological polar surface area (TPSA) is 57.2 Å². The lowest BCUT2D eigenvalue weighted by molar-refractivity contribution is 0.0161. The van der Waals surface area contributed by atoms with Crippen LogP contribution in [0, 0.1) is 0 Å². The van der Waals surface area contributed by atoms with Crippen LogP contribution in [0.25, 0.3) is 0 Å². The van der Waals surface area contributed by atoms with Gasteiger partial charge in [-0.1, -0.05) is 0 Å². The molecule has 0 aromatic carbocycles. The lowest BCUT2D eigenvalue weighted by Gasteiger charge is -2.20. The molecule has 1 N–H and O–H groups in total. The fraction of sp³-hybridized carbons (Fsp3) is 1.00. The van der Waals surface area contributed by atoms with Gasteiger partial charge in [-0.15, -0.1) is 0 Å². The number of hydrogen-bond acceptors (Lipinski definition) is 5. The number of alkyl halides is 1. The Bertz CT molecular complexity index is 172. The molecule has 0 bridgehead atoms. The van der Waals surface area contributed by atoms with Crippen LogP contribution in [0.2, 0.25) is 0 Å². The number of halogens is 1. The van der Waals surface area contributed by atoms with Crippen LogP contribution in [-0.4, -0.2) is 43.6 Å². The number of hydrogen-bond donors (Lipinski definition) is 1. The van der Waals surface area contributed by atoms with Crippen molar-refractivity contribution in [1.29, 1.82) is 0 Å². The summed E-state index contributed by atoms with van der Waals surface area (Å²) >= 11 is 0. The summed E-state index contributed by atoms with van der Waals surface area (Å²) in [4.78, 5) is 9.07. The summed E-state index contributed by atoms with van der Waals surface area (Å²) < 4.78 is 32.5. The van der Waals surface area contributed by atoms with Crippen molar-refractivity contribution in [2.24, 2.45) is 0 Å². The largest absolute Gasteiger partial charge is 0.370 e. The van der Waals surface area contributed by atoms with E-state index in [1.54, 1.807) is 0 Å². The zero-order valence-electron chi connectivity index (χ0n) is 7.63. The van der Waals surface area contributed by atoms with Gasteiger partial charge >= 0.3 is 8.60 Å². The summed E-state index contributed by atoms with van der Waals surface area (Å²) in [5, 5.41) is 0. The van der Waals surface area contributed by atoms with Crippen molar-refractivity contribution >= 4 is 18.1 Å². The van der Waals surface area contributed by atoms with Gasteiger partial charge in [-0.05, 0) is 0 Å². The molecule has 84 valence electrons. The molecule has 14 heavy (non-hydrogen) atoms. The summed E-state index contributed by atoms with van der Waals surface area (Å²) in [5.74, 6) is 0. The fourth-order valence-corrected chi connectivity index (χ4v) is 1.91. The van der Waals surface area contributed by atoms with Crippen molar-refractivity contribution in [2.75, 3.05) is 20.3 Å². The molecular weight excluding hydrogens is 233 g/mol. The molecule has 2 unspecified atom stereocenters. The Morgan fingerprint density at radius 2 is 2.43 bits per heavy atom. The molecule has 8 heteroatoms. The van der Waals surface area contributed by atoms with Crippen molar-refractivity contribution < 1.29 is 27.6 Å². The van der Waals surface area contributed by atoms with E-state index in [-0.39, 0.29) is 13.2 Å². The van der Waals surface area contributed by atoms with Gasteiger partial charge in [-0.25, -0.2) is 4.39 Å². The molecule has 1 saturated heterocycles. The van der Waals surface area contributed by atoms with Crippen LogP contribution in [0.5, 0.6) is 0 Å². The zero-order chi connectivity index (χ0) is 10.6. The molecule has 0 radical (unpaired) electrons. The molecule has 1 aliphatic rings. The van der Waals surface area contributed by atoms with Crippen LogP contribution in [0.3, 0.4) is 0 Å². The van der Waals surface area contributed by atoms with Crippen LogP contribution >= 0.6 is 18.1 Å². The summed E-state index contributed by atoms with van der Waals surface area (Å²) in [6.07, 6.45) is -2.59. The van der Waals surface area contributed by atoms with Gasteiger partial charge in [0, 0.05) is 16.6 Å². The predicted octanol–water partition coefficient (Wildman–Crippen LogP) is 0.781.